The lowest BCUT2D eigenvalue weighted by Gasteiger charge is -2.24. The second-order valence-electron chi connectivity index (χ2n) is 4.97. The van der Waals surface area contributed by atoms with Crippen LogP contribution in [-0.2, 0) is 11.2 Å². The molecule has 2 rings (SSSR count). The molecule has 0 aromatic heterocycles. The minimum atomic E-state index is 0. The molecule has 1 saturated heterocycles. The zero-order chi connectivity index (χ0) is 14.4. The minimum absolute atomic E-state index is 0. The standard InChI is InChI=1S/C15H22N2O3.ClH/c1-19-13-5-6-14(20-2)11(8-13)9-15(18)17-12-4-3-7-16-10-12;/h5-6,8,12,16H,3-4,7,9-10H2,1-2H3,(H,17,18);1H/t12-;/m0./s1. The first kappa shape index (κ1) is 17.6. The summed E-state index contributed by atoms with van der Waals surface area (Å²) in [6.45, 7) is 1.89. The van der Waals surface area contributed by atoms with E-state index >= 15 is 0 Å². The summed E-state index contributed by atoms with van der Waals surface area (Å²) in [6, 6.07) is 5.72. The van der Waals surface area contributed by atoms with Gasteiger partial charge in [-0.25, -0.2) is 0 Å². The van der Waals surface area contributed by atoms with Gasteiger partial charge in [-0.2, -0.15) is 0 Å². The highest BCUT2D eigenvalue weighted by Crippen LogP contribution is 2.24. The zero-order valence-electron chi connectivity index (χ0n) is 12.5. The zero-order valence-corrected chi connectivity index (χ0v) is 13.3. The topological polar surface area (TPSA) is 59.6 Å². The lowest BCUT2D eigenvalue weighted by atomic mass is 10.1. The number of carbonyl (C=O) groups is 1. The second-order valence-corrected chi connectivity index (χ2v) is 4.97. The van der Waals surface area contributed by atoms with Crippen molar-refractivity contribution < 1.29 is 14.3 Å². The average molecular weight is 315 g/mol. The number of benzene rings is 1. The highest BCUT2D eigenvalue weighted by atomic mass is 35.5. The third-order valence-corrected chi connectivity index (χ3v) is 3.50. The Labute approximate surface area is 131 Å². The van der Waals surface area contributed by atoms with Crippen LogP contribution in [0.4, 0.5) is 0 Å². The Morgan fingerprint density at radius 2 is 2.19 bits per heavy atom. The van der Waals surface area contributed by atoms with Gasteiger partial charge in [0.05, 0.1) is 20.6 Å². The maximum atomic E-state index is 12.1. The Bertz CT molecular complexity index is 462. The van der Waals surface area contributed by atoms with Gasteiger partial charge < -0.3 is 20.1 Å². The number of halogens is 1. The molecule has 0 spiro atoms. The average Bonchev–Trinajstić information content (AvgIpc) is 2.48. The fourth-order valence-corrected chi connectivity index (χ4v) is 2.45. The van der Waals surface area contributed by atoms with E-state index in [0.29, 0.717) is 12.2 Å². The van der Waals surface area contributed by atoms with E-state index in [1.54, 1.807) is 14.2 Å². The highest BCUT2D eigenvalue weighted by molar-refractivity contribution is 5.85. The summed E-state index contributed by atoms with van der Waals surface area (Å²) in [6.07, 6.45) is 2.44. The summed E-state index contributed by atoms with van der Waals surface area (Å²) < 4.78 is 10.5. The predicted octanol–water partition coefficient (Wildman–Crippen LogP) is 1.54. The number of amides is 1. The number of carbonyl (C=O) groups excluding carboxylic acids is 1. The van der Waals surface area contributed by atoms with Gasteiger partial charge in [0.2, 0.25) is 5.91 Å². The molecule has 0 bridgehead atoms. The molecule has 118 valence electrons. The minimum Gasteiger partial charge on any atom is -0.497 e. The molecule has 0 unspecified atom stereocenters. The van der Waals surface area contributed by atoms with Crippen LogP contribution in [-0.4, -0.2) is 39.3 Å². The third kappa shape index (κ3) is 5.10. The molecule has 6 heteroatoms. The number of methoxy groups -OCH3 is 2. The van der Waals surface area contributed by atoms with E-state index in [2.05, 4.69) is 10.6 Å². The van der Waals surface area contributed by atoms with Gasteiger partial charge in [0.15, 0.2) is 0 Å². The van der Waals surface area contributed by atoms with Crippen molar-refractivity contribution in [2.24, 2.45) is 0 Å². The van der Waals surface area contributed by atoms with Gasteiger partial charge in [0.25, 0.3) is 0 Å². The molecule has 1 heterocycles. The van der Waals surface area contributed by atoms with Crippen LogP contribution in [0, 0.1) is 0 Å². The Balaban J connectivity index is 0.00000220. The lowest BCUT2D eigenvalue weighted by molar-refractivity contribution is -0.121. The van der Waals surface area contributed by atoms with Gasteiger partial charge in [-0.1, -0.05) is 0 Å². The molecule has 1 aromatic carbocycles. The summed E-state index contributed by atoms with van der Waals surface area (Å²) in [7, 11) is 3.22. The summed E-state index contributed by atoms with van der Waals surface area (Å²) in [5, 5.41) is 6.34. The Morgan fingerprint density at radius 3 is 2.81 bits per heavy atom. The fraction of sp³-hybridized carbons (Fsp3) is 0.533. The van der Waals surface area contributed by atoms with Gasteiger partial charge in [0.1, 0.15) is 11.5 Å². The van der Waals surface area contributed by atoms with Crippen LogP contribution in [0.2, 0.25) is 0 Å². The maximum Gasteiger partial charge on any atom is 0.224 e. The molecule has 0 radical (unpaired) electrons. The second kappa shape index (κ2) is 8.74. The number of rotatable bonds is 5. The van der Waals surface area contributed by atoms with Crippen LogP contribution in [0.1, 0.15) is 18.4 Å². The van der Waals surface area contributed by atoms with Crippen LogP contribution < -0.4 is 20.1 Å². The van der Waals surface area contributed by atoms with Crippen molar-refractivity contribution in [3.05, 3.63) is 23.8 Å². The molecule has 21 heavy (non-hydrogen) atoms. The largest absolute Gasteiger partial charge is 0.497 e. The monoisotopic (exact) mass is 314 g/mol. The van der Waals surface area contributed by atoms with E-state index in [-0.39, 0.29) is 24.4 Å². The Morgan fingerprint density at radius 1 is 1.38 bits per heavy atom. The summed E-state index contributed by atoms with van der Waals surface area (Å²) in [5.74, 6) is 1.46. The summed E-state index contributed by atoms with van der Waals surface area (Å²) in [4.78, 5) is 12.1. The molecule has 1 aliphatic rings. The number of hydrogen-bond acceptors (Lipinski definition) is 4. The normalized spacial score (nSPS) is 17.5. The molecule has 0 aliphatic carbocycles. The van der Waals surface area contributed by atoms with Gasteiger partial charge in [-0.05, 0) is 37.6 Å². The molecule has 1 amide bonds. The van der Waals surface area contributed by atoms with Crippen molar-refractivity contribution in [1.82, 2.24) is 10.6 Å². The van der Waals surface area contributed by atoms with Crippen molar-refractivity contribution in [3.8, 4) is 11.5 Å². The molecule has 1 aliphatic heterocycles. The van der Waals surface area contributed by atoms with E-state index in [1.165, 1.54) is 0 Å². The lowest BCUT2D eigenvalue weighted by Crippen LogP contribution is -2.46. The van der Waals surface area contributed by atoms with Gasteiger partial charge >= 0.3 is 0 Å². The van der Waals surface area contributed by atoms with E-state index in [4.69, 9.17) is 9.47 Å². The van der Waals surface area contributed by atoms with Crippen molar-refractivity contribution in [3.63, 3.8) is 0 Å². The molecular formula is C15H23ClN2O3. The van der Waals surface area contributed by atoms with Crippen LogP contribution in [0.3, 0.4) is 0 Å². The first-order chi connectivity index (χ1) is 9.72. The maximum absolute atomic E-state index is 12.1. The third-order valence-electron chi connectivity index (χ3n) is 3.50. The van der Waals surface area contributed by atoms with Crippen molar-refractivity contribution in [2.45, 2.75) is 25.3 Å². The summed E-state index contributed by atoms with van der Waals surface area (Å²) >= 11 is 0. The molecule has 1 aromatic rings. The van der Waals surface area contributed by atoms with Gasteiger partial charge in [-0.3, -0.25) is 4.79 Å². The van der Waals surface area contributed by atoms with Crippen LogP contribution in [0.25, 0.3) is 0 Å². The SMILES string of the molecule is COc1ccc(OC)c(CC(=O)N[C@H]2CCCNC2)c1.Cl. The number of nitrogens with one attached hydrogen (secondary N) is 2. The van der Waals surface area contributed by atoms with Gasteiger partial charge in [0, 0.05) is 18.2 Å². The predicted molar refractivity (Wildman–Crippen MR) is 84.5 cm³/mol. The quantitative estimate of drug-likeness (QED) is 0.865. The van der Waals surface area contributed by atoms with E-state index in [9.17, 15) is 4.79 Å². The molecular weight excluding hydrogens is 292 g/mol. The van der Waals surface area contributed by atoms with Crippen molar-refractivity contribution in [2.75, 3.05) is 27.3 Å². The van der Waals surface area contributed by atoms with E-state index < -0.39 is 0 Å². The van der Waals surface area contributed by atoms with Crippen molar-refractivity contribution in [1.29, 1.82) is 0 Å². The van der Waals surface area contributed by atoms with Crippen LogP contribution >= 0.6 is 12.4 Å². The van der Waals surface area contributed by atoms with Crippen LogP contribution in [0.15, 0.2) is 18.2 Å². The smallest absolute Gasteiger partial charge is 0.224 e. The first-order valence-electron chi connectivity index (χ1n) is 6.94. The van der Waals surface area contributed by atoms with E-state index in [1.807, 2.05) is 18.2 Å². The number of piperidine rings is 1. The Hall–Kier alpha value is -1.46. The van der Waals surface area contributed by atoms with Gasteiger partial charge in [-0.15, -0.1) is 12.4 Å². The molecule has 2 N–H and O–H groups in total. The first-order valence-corrected chi connectivity index (χ1v) is 6.94. The number of hydrogen-bond donors (Lipinski definition) is 2. The molecule has 1 atom stereocenters. The van der Waals surface area contributed by atoms with Crippen LogP contribution in [0.5, 0.6) is 11.5 Å². The number of ether oxygens (including phenoxy) is 2. The van der Waals surface area contributed by atoms with Crippen molar-refractivity contribution >= 4 is 18.3 Å². The highest BCUT2D eigenvalue weighted by Gasteiger charge is 2.16. The Kier molecular flexibility index (Phi) is 7.32. The molecule has 1 fully saturated rings. The molecule has 0 saturated carbocycles. The molecule has 5 nitrogen and oxygen atoms in total. The fourth-order valence-electron chi connectivity index (χ4n) is 2.45. The summed E-state index contributed by atoms with van der Waals surface area (Å²) in [5.41, 5.74) is 0.841. The van der Waals surface area contributed by atoms with E-state index in [0.717, 1.165) is 37.2 Å².